The number of carbonyl (C=O) groups is 1. The van der Waals surface area contributed by atoms with Gasteiger partial charge in [0.2, 0.25) is 0 Å². The lowest BCUT2D eigenvalue weighted by atomic mass is 10.1. The number of benzene rings is 1. The van der Waals surface area contributed by atoms with Gasteiger partial charge < -0.3 is 20.6 Å². The lowest BCUT2D eigenvalue weighted by molar-refractivity contribution is 0.183. The summed E-state index contributed by atoms with van der Waals surface area (Å²) in [6.45, 7) is 2.78. The molecule has 2 amide bonds. The van der Waals surface area contributed by atoms with Gasteiger partial charge >= 0.3 is 6.03 Å². The Morgan fingerprint density at radius 2 is 1.90 bits per heavy atom. The first kappa shape index (κ1) is 17.5. The second-order valence-electron chi connectivity index (χ2n) is 5.58. The fraction of sp³-hybridized carbons (Fsp3) is 0.562. The molecular formula is C16H27N3O2. The van der Waals surface area contributed by atoms with E-state index in [0.717, 1.165) is 6.42 Å². The van der Waals surface area contributed by atoms with E-state index in [0.29, 0.717) is 19.5 Å². The van der Waals surface area contributed by atoms with Crippen molar-refractivity contribution in [3.8, 4) is 0 Å². The van der Waals surface area contributed by atoms with Gasteiger partial charge in [-0.05, 0) is 39.4 Å². The molecule has 1 aromatic carbocycles. The topological polar surface area (TPSA) is 64.6 Å². The molecule has 1 rings (SSSR count). The predicted molar refractivity (Wildman–Crippen MR) is 85.3 cm³/mol. The summed E-state index contributed by atoms with van der Waals surface area (Å²) in [5.74, 6) is 0. The van der Waals surface area contributed by atoms with Crippen LogP contribution in [0.5, 0.6) is 0 Å². The van der Waals surface area contributed by atoms with Crippen molar-refractivity contribution in [3.63, 3.8) is 0 Å². The molecule has 0 fully saturated rings. The number of amides is 2. The SMILES string of the molecule is CC(O)CCNC(=O)NCC(Cc1ccccc1)N(C)C. The van der Waals surface area contributed by atoms with E-state index in [9.17, 15) is 4.79 Å². The van der Waals surface area contributed by atoms with E-state index in [1.54, 1.807) is 6.92 Å². The number of nitrogens with one attached hydrogen (secondary N) is 2. The molecule has 0 saturated heterocycles. The smallest absolute Gasteiger partial charge is 0.314 e. The number of aliphatic hydroxyl groups is 1. The van der Waals surface area contributed by atoms with Gasteiger partial charge in [-0.2, -0.15) is 0 Å². The Morgan fingerprint density at radius 3 is 2.48 bits per heavy atom. The van der Waals surface area contributed by atoms with Gasteiger partial charge in [-0.25, -0.2) is 4.79 Å². The Hall–Kier alpha value is -1.59. The highest BCUT2D eigenvalue weighted by Gasteiger charge is 2.13. The molecule has 0 aliphatic carbocycles. The van der Waals surface area contributed by atoms with E-state index in [4.69, 9.17) is 5.11 Å². The highest BCUT2D eigenvalue weighted by atomic mass is 16.3. The molecule has 2 unspecified atom stereocenters. The molecule has 5 heteroatoms. The molecule has 1 aromatic rings. The summed E-state index contributed by atoms with van der Waals surface area (Å²) in [5.41, 5.74) is 1.26. The van der Waals surface area contributed by atoms with E-state index >= 15 is 0 Å². The van der Waals surface area contributed by atoms with Gasteiger partial charge in [0.1, 0.15) is 0 Å². The molecule has 0 aliphatic rings. The van der Waals surface area contributed by atoms with Crippen molar-refractivity contribution in [2.24, 2.45) is 0 Å². The van der Waals surface area contributed by atoms with Crippen molar-refractivity contribution in [3.05, 3.63) is 35.9 Å². The normalized spacial score (nSPS) is 13.8. The van der Waals surface area contributed by atoms with Crippen LogP contribution in [0.25, 0.3) is 0 Å². The maximum atomic E-state index is 11.7. The number of rotatable bonds is 8. The van der Waals surface area contributed by atoms with E-state index in [2.05, 4.69) is 27.7 Å². The van der Waals surface area contributed by atoms with Gasteiger partial charge in [-0.3, -0.25) is 0 Å². The van der Waals surface area contributed by atoms with Crippen molar-refractivity contribution >= 4 is 6.03 Å². The highest BCUT2D eigenvalue weighted by Crippen LogP contribution is 2.06. The monoisotopic (exact) mass is 293 g/mol. The maximum absolute atomic E-state index is 11.7. The molecule has 0 aliphatic heterocycles. The largest absolute Gasteiger partial charge is 0.393 e. The molecule has 5 nitrogen and oxygen atoms in total. The zero-order chi connectivity index (χ0) is 15.7. The summed E-state index contributed by atoms with van der Waals surface area (Å²) in [4.78, 5) is 13.8. The number of nitrogens with zero attached hydrogens (tertiary/aromatic N) is 1. The van der Waals surface area contributed by atoms with Crippen LogP contribution in [0.15, 0.2) is 30.3 Å². The lowest BCUT2D eigenvalue weighted by Gasteiger charge is -2.25. The summed E-state index contributed by atoms with van der Waals surface area (Å²) < 4.78 is 0. The minimum Gasteiger partial charge on any atom is -0.393 e. The van der Waals surface area contributed by atoms with E-state index in [1.807, 2.05) is 32.3 Å². The number of carbonyl (C=O) groups excluding carboxylic acids is 1. The van der Waals surface area contributed by atoms with Crippen LogP contribution in [0.3, 0.4) is 0 Å². The third kappa shape index (κ3) is 7.68. The van der Waals surface area contributed by atoms with Crippen LogP contribution >= 0.6 is 0 Å². The predicted octanol–water partition coefficient (Wildman–Crippen LogP) is 1.23. The van der Waals surface area contributed by atoms with Crippen molar-refractivity contribution in [1.29, 1.82) is 0 Å². The Morgan fingerprint density at radius 1 is 1.24 bits per heavy atom. The van der Waals surface area contributed by atoms with Crippen LogP contribution in [0.4, 0.5) is 4.79 Å². The van der Waals surface area contributed by atoms with Crippen LogP contribution in [0.1, 0.15) is 18.9 Å². The molecule has 0 spiro atoms. The van der Waals surface area contributed by atoms with E-state index in [1.165, 1.54) is 5.56 Å². The average molecular weight is 293 g/mol. The number of urea groups is 1. The molecule has 0 saturated carbocycles. The van der Waals surface area contributed by atoms with Gasteiger partial charge in [0, 0.05) is 19.1 Å². The number of aliphatic hydroxyl groups excluding tert-OH is 1. The summed E-state index contributed by atoms with van der Waals surface area (Å²) in [5, 5.41) is 14.8. The van der Waals surface area contributed by atoms with Crippen LogP contribution < -0.4 is 10.6 Å². The fourth-order valence-corrected chi connectivity index (χ4v) is 1.99. The first-order chi connectivity index (χ1) is 9.99. The Kier molecular flexibility index (Phi) is 7.79. The standard InChI is InChI=1S/C16H27N3O2/c1-13(20)9-10-17-16(21)18-12-15(19(2)3)11-14-7-5-4-6-8-14/h4-8,13,15,20H,9-12H2,1-3H3,(H2,17,18,21). The van der Waals surface area contributed by atoms with Gasteiger partial charge in [0.15, 0.2) is 0 Å². The van der Waals surface area contributed by atoms with Gasteiger partial charge in [-0.1, -0.05) is 30.3 Å². The minimum atomic E-state index is -0.391. The highest BCUT2D eigenvalue weighted by molar-refractivity contribution is 5.73. The van der Waals surface area contributed by atoms with E-state index in [-0.39, 0.29) is 12.1 Å². The van der Waals surface area contributed by atoms with Crippen LogP contribution in [-0.4, -0.2) is 55.4 Å². The van der Waals surface area contributed by atoms with Crippen molar-refractivity contribution in [2.45, 2.75) is 31.9 Å². The van der Waals surface area contributed by atoms with Gasteiger partial charge in [0.25, 0.3) is 0 Å². The third-order valence-corrected chi connectivity index (χ3v) is 3.39. The van der Waals surface area contributed by atoms with Crippen molar-refractivity contribution in [2.75, 3.05) is 27.2 Å². The first-order valence-electron chi connectivity index (χ1n) is 7.39. The van der Waals surface area contributed by atoms with Crippen molar-refractivity contribution in [1.82, 2.24) is 15.5 Å². The quantitative estimate of drug-likeness (QED) is 0.675. The molecule has 21 heavy (non-hydrogen) atoms. The average Bonchev–Trinajstić information content (AvgIpc) is 2.43. The number of likely N-dealkylation sites (N-methyl/N-ethyl adjacent to an activating group) is 1. The molecule has 0 bridgehead atoms. The second-order valence-corrected chi connectivity index (χ2v) is 5.58. The summed E-state index contributed by atoms with van der Waals surface area (Å²) in [6, 6.07) is 10.3. The molecule has 0 aromatic heterocycles. The van der Waals surface area contributed by atoms with Gasteiger partial charge in [-0.15, -0.1) is 0 Å². The Balaban J connectivity index is 2.36. The number of hydrogen-bond acceptors (Lipinski definition) is 3. The molecule has 3 N–H and O–H groups in total. The number of hydrogen-bond donors (Lipinski definition) is 3. The first-order valence-corrected chi connectivity index (χ1v) is 7.39. The van der Waals surface area contributed by atoms with E-state index < -0.39 is 6.10 Å². The zero-order valence-corrected chi connectivity index (χ0v) is 13.2. The minimum absolute atomic E-state index is 0.185. The van der Waals surface area contributed by atoms with Crippen LogP contribution in [0.2, 0.25) is 0 Å². The Bertz CT molecular complexity index is 407. The molecule has 0 radical (unpaired) electrons. The van der Waals surface area contributed by atoms with Crippen LogP contribution in [-0.2, 0) is 6.42 Å². The molecule has 0 heterocycles. The lowest BCUT2D eigenvalue weighted by Crippen LogP contribution is -2.45. The maximum Gasteiger partial charge on any atom is 0.314 e. The summed E-state index contributed by atoms with van der Waals surface area (Å²) in [7, 11) is 4.03. The van der Waals surface area contributed by atoms with Gasteiger partial charge in [0.05, 0.1) is 6.10 Å². The Labute approximate surface area is 127 Å². The molecular weight excluding hydrogens is 266 g/mol. The van der Waals surface area contributed by atoms with Crippen molar-refractivity contribution < 1.29 is 9.90 Å². The summed E-state index contributed by atoms with van der Waals surface area (Å²) in [6.07, 6.45) is 1.06. The summed E-state index contributed by atoms with van der Waals surface area (Å²) >= 11 is 0. The zero-order valence-electron chi connectivity index (χ0n) is 13.2. The fourth-order valence-electron chi connectivity index (χ4n) is 1.99. The molecule has 2 atom stereocenters. The third-order valence-electron chi connectivity index (χ3n) is 3.39. The molecule has 118 valence electrons. The second kappa shape index (κ2) is 9.37. The van der Waals surface area contributed by atoms with Crippen LogP contribution in [0, 0.1) is 0 Å².